The van der Waals surface area contributed by atoms with Crippen LogP contribution in [-0.4, -0.2) is 29.0 Å². The van der Waals surface area contributed by atoms with Crippen LogP contribution in [0, 0.1) is 16.7 Å². The summed E-state index contributed by atoms with van der Waals surface area (Å²) in [6.07, 6.45) is 4.64. The van der Waals surface area contributed by atoms with Crippen LogP contribution in [0.2, 0.25) is 5.02 Å². The summed E-state index contributed by atoms with van der Waals surface area (Å²) in [5.41, 5.74) is 0.674. The molecule has 0 bridgehead atoms. The van der Waals surface area contributed by atoms with Gasteiger partial charge in [0.1, 0.15) is 5.75 Å². The molecule has 3 rings (SSSR count). The molecule has 4 nitrogen and oxygen atoms in total. The molecule has 1 heterocycles. The molecule has 1 amide bonds. The van der Waals surface area contributed by atoms with E-state index in [1.165, 1.54) is 31.4 Å². The minimum Gasteiger partial charge on any atom is -0.507 e. The van der Waals surface area contributed by atoms with Crippen LogP contribution in [0.15, 0.2) is 12.1 Å². The number of aromatic hydroxyl groups is 1. The quantitative estimate of drug-likeness (QED) is 0.865. The van der Waals surface area contributed by atoms with Gasteiger partial charge in [-0.2, -0.15) is 5.26 Å². The van der Waals surface area contributed by atoms with Gasteiger partial charge in [-0.3, -0.25) is 4.79 Å². The summed E-state index contributed by atoms with van der Waals surface area (Å²) in [6.45, 7) is 1.47. The average molecular weight is 291 g/mol. The van der Waals surface area contributed by atoms with Crippen LogP contribution in [-0.2, 0) is 0 Å². The molecule has 1 aromatic rings. The zero-order chi connectivity index (χ0) is 14.3. The molecule has 2 aliphatic rings. The van der Waals surface area contributed by atoms with Crippen LogP contribution in [0.25, 0.3) is 0 Å². The number of nitriles is 1. The number of phenolic OH excluding ortho intramolecular Hbond substituents is 1. The van der Waals surface area contributed by atoms with Gasteiger partial charge in [-0.15, -0.1) is 0 Å². The third kappa shape index (κ3) is 2.03. The van der Waals surface area contributed by atoms with Crippen LogP contribution in [0.5, 0.6) is 5.75 Å². The second kappa shape index (κ2) is 4.68. The van der Waals surface area contributed by atoms with E-state index in [4.69, 9.17) is 16.9 Å². The van der Waals surface area contributed by atoms with Gasteiger partial charge in [0, 0.05) is 13.1 Å². The highest BCUT2D eigenvalue weighted by atomic mass is 35.5. The number of halogens is 1. The van der Waals surface area contributed by atoms with Crippen molar-refractivity contribution in [3.05, 3.63) is 28.3 Å². The molecule has 1 saturated heterocycles. The highest BCUT2D eigenvalue weighted by molar-refractivity contribution is 6.34. The minimum atomic E-state index is -0.235. The number of rotatable bonds is 1. The summed E-state index contributed by atoms with van der Waals surface area (Å²) in [5, 5.41) is 18.9. The lowest BCUT2D eigenvalue weighted by molar-refractivity contribution is 0.0729. The third-order valence-corrected chi connectivity index (χ3v) is 4.85. The Morgan fingerprint density at radius 2 is 2.15 bits per heavy atom. The van der Waals surface area contributed by atoms with Gasteiger partial charge in [-0.05, 0) is 36.8 Å². The molecular formula is C15H15ClN2O2. The second-order valence-corrected chi connectivity index (χ2v) is 6.20. The standard InChI is InChI=1S/C15H15ClN2O2/c16-11-6-10(8-17)7-12(19)13(11)14(20)18-5-4-15(9-18)2-1-3-15/h6-7,19H,1-5,9H2. The van der Waals surface area contributed by atoms with E-state index in [1.807, 2.05) is 6.07 Å². The lowest BCUT2D eigenvalue weighted by atomic mass is 9.68. The first-order valence-electron chi connectivity index (χ1n) is 6.77. The first-order chi connectivity index (χ1) is 9.54. The molecule has 104 valence electrons. The first-order valence-corrected chi connectivity index (χ1v) is 7.14. The molecule has 5 heteroatoms. The number of carbonyl (C=O) groups is 1. The molecule has 1 spiro atoms. The van der Waals surface area contributed by atoms with Gasteiger partial charge in [0.25, 0.3) is 5.91 Å². The van der Waals surface area contributed by atoms with Crippen molar-refractivity contribution in [1.29, 1.82) is 5.26 Å². The SMILES string of the molecule is N#Cc1cc(O)c(C(=O)N2CCC3(CCC3)C2)c(Cl)c1. The summed E-state index contributed by atoms with van der Waals surface area (Å²) < 4.78 is 0. The molecule has 1 N–H and O–H groups in total. The van der Waals surface area contributed by atoms with Crippen molar-refractivity contribution in [2.75, 3.05) is 13.1 Å². The van der Waals surface area contributed by atoms with E-state index in [-0.39, 0.29) is 27.8 Å². The fourth-order valence-corrected chi connectivity index (χ4v) is 3.52. The van der Waals surface area contributed by atoms with E-state index in [9.17, 15) is 9.90 Å². The number of nitrogens with zero attached hydrogens (tertiary/aromatic N) is 2. The number of benzene rings is 1. The molecule has 0 aromatic heterocycles. The Hall–Kier alpha value is -1.73. The Morgan fingerprint density at radius 3 is 2.65 bits per heavy atom. The van der Waals surface area contributed by atoms with Gasteiger partial charge < -0.3 is 10.0 Å². The molecule has 0 radical (unpaired) electrons. The number of carbonyl (C=O) groups excluding carboxylic acids is 1. The van der Waals surface area contributed by atoms with Crippen molar-refractivity contribution in [1.82, 2.24) is 4.90 Å². The highest BCUT2D eigenvalue weighted by Crippen LogP contribution is 2.48. The predicted molar refractivity (Wildman–Crippen MR) is 74.6 cm³/mol. The smallest absolute Gasteiger partial charge is 0.259 e. The van der Waals surface area contributed by atoms with E-state index in [0.29, 0.717) is 12.0 Å². The number of hydrogen-bond donors (Lipinski definition) is 1. The number of amides is 1. The van der Waals surface area contributed by atoms with Gasteiger partial charge in [-0.1, -0.05) is 18.0 Å². The zero-order valence-corrected chi connectivity index (χ0v) is 11.8. The molecule has 20 heavy (non-hydrogen) atoms. The van der Waals surface area contributed by atoms with Crippen molar-refractivity contribution in [2.45, 2.75) is 25.7 Å². The molecular weight excluding hydrogens is 276 g/mol. The van der Waals surface area contributed by atoms with Crippen molar-refractivity contribution < 1.29 is 9.90 Å². The van der Waals surface area contributed by atoms with Crippen molar-refractivity contribution in [3.8, 4) is 11.8 Å². The van der Waals surface area contributed by atoms with Crippen LogP contribution in [0.4, 0.5) is 0 Å². The van der Waals surface area contributed by atoms with E-state index < -0.39 is 0 Å². The highest BCUT2D eigenvalue weighted by Gasteiger charge is 2.44. The Kier molecular flexibility index (Phi) is 3.10. The molecule has 2 fully saturated rings. The van der Waals surface area contributed by atoms with Crippen LogP contribution in [0.1, 0.15) is 41.6 Å². The van der Waals surface area contributed by atoms with Crippen molar-refractivity contribution in [3.63, 3.8) is 0 Å². The van der Waals surface area contributed by atoms with Gasteiger partial charge in [0.2, 0.25) is 0 Å². The van der Waals surface area contributed by atoms with E-state index >= 15 is 0 Å². The van der Waals surface area contributed by atoms with Crippen LogP contribution >= 0.6 is 11.6 Å². The van der Waals surface area contributed by atoms with Gasteiger partial charge in [0.05, 0.1) is 22.2 Å². The van der Waals surface area contributed by atoms with Gasteiger partial charge in [-0.25, -0.2) is 0 Å². The van der Waals surface area contributed by atoms with Crippen molar-refractivity contribution >= 4 is 17.5 Å². The monoisotopic (exact) mass is 290 g/mol. The van der Waals surface area contributed by atoms with Crippen LogP contribution < -0.4 is 0 Å². The maximum atomic E-state index is 12.5. The van der Waals surface area contributed by atoms with E-state index in [0.717, 1.165) is 13.0 Å². The molecule has 0 atom stereocenters. The lowest BCUT2D eigenvalue weighted by Gasteiger charge is -2.38. The Morgan fingerprint density at radius 1 is 1.40 bits per heavy atom. The molecule has 1 saturated carbocycles. The van der Waals surface area contributed by atoms with Gasteiger partial charge in [0.15, 0.2) is 0 Å². The third-order valence-electron chi connectivity index (χ3n) is 4.55. The fraction of sp³-hybridized carbons (Fsp3) is 0.467. The summed E-state index contributed by atoms with van der Waals surface area (Å²) >= 11 is 6.05. The minimum absolute atomic E-state index is 0.113. The Bertz CT molecular complexity index is 594. The van der Waals surface area contributed by atoms with E-state index in [2.05, 4.69) is 0 Å². The Labute approximate surface area is 122 Å². The average Bonchev–Trinajstić information content (AvgIpc) is 2.82. The molecule has 1 aliphatic heterocycles. The maximum absolute atomic E-state index is 12.5. The first kappa shape index (κ1) is 13.3. The second-order valence-electron chi connectivity index (χ2n) is 5.79. The normalized spacial score (nSPS) is 19.7. The summed E-state index contributed by atoms with van der Waals surface area (Å²) in [6, 6.07) is 4.61. The predicted octanol–water partition coefficient (Wildman–Crippen LogP) is 2.93. The molecule has 0 unspecified atom stereocenters. The summed E-state index contributed by atoms with van der Waals surface area (Å²) in [7, 11) is 0. The van der Waals surface area contributed by atoms with Crippen LogP contribution in [0.3, 0.4) is 0 Å². The van der Waals surface area contributed by atoms with Gasteiger partial charge >= 0.3 is 0 Å². The maximum Gasteiger partial charge on any atom is 0.259 e. The van der Waals surface area contributed by atoms with Crippen molar-refractivity contribution in [2.24, 2.45) is 5.41 Å². The fourth-order valence-electron chi connectivity index (χ4n) is 3.22. The Balaban J connectivity index is 1.86. The molecule has 1 aliphatic carbocycles. The number of phenols is 1. The number of hydrogen-bond acceptors (Lipinski definition) is 3. The molecule has 1 aromatic carbocycles. The largest absolute Gasteiger partial charge is 0.507 e. The summed E-state index contributed by atoms with van der Waals surface area (Å²) in [4.78, 5) is 14.3. The van der Waals surface area contributed by atoms with E-state index in [1.54, 1.807) is 4.90 Å². The number of likely N-dealkylation sites (tertiary alicyclic amines) is 1. The topological polar surface area (TPSA) is 64.3 Å². The summed E-state index contributed by atoms with van der Waals surface area (Å²) in [5.74, 6) is -0.450. The zero-order valence-electron chi connectivity index (χ0n) is 11.0. The lowest BCUT2D eigenvalue weighted by Crippen LogP contribution is -2.36.